The predicted octanol–water partition coefficient (Wildman–Crippen LogP) is 5.69. The highest BCUT2D eigenvalue weighted by molar-refractivity contribution is 6.34. The SMILES string of the molecule is Cc1cc(C2=NC[C@](c3cc(Cl)cc(Cl)c3)(C(F)(F)F)C2)ccc1C(=O)O. The van der Waals surface area contributed by atoms with Crippen LogP contribution in [0.15, 0.2) is 41.4 Å². The molecule has 1 N–H and O–H groups in total. The number of nitrogens with zero attached hydrogens (tertiary/aromatic N) is 1. The molecule has 0 unspecified atom stereocenters. The van der Waals surface area contributed by atoms with Crippen LogP contribution >= 0.6 is 23.2 Å². The molecule has 0 aliphatic carbocycles. The topological polar surface area (TPSA) is 49.7 Å². The molecule has 1 aliphatic rings. The Morgan fingerprint density at radius 3 is 2.30 bits per heavy atom. The summed E-state index contributed by atoms with van der Waals surface area (Å²) in [6.45, 7) is 1.11. The van der Waals surface area contributed by atoms with E-state index in [2.05, 4.69) is 4.99 Å². The molecule has 0 fully saturated rings. The first-order chi connectivity index (χ1) is 12.5. The molecule has 0 bridgehead atoms. The summed E-state index contributed by atoms with van der Waals surface area (Å²) >= 11 is 11.8. The van der Waals surface area contributed by atoms with E-state index in [-0.39, 0.29) is 33.3 Å². The van der Waals surface area contributed by atoms with Gasteiger partial charge in [-0.2, -0.15) is 13.2 Å². The lowest BCUT2D eigenvalue weighted by Crippen LogP contribution is -2.43. The fourth-order valence-electron chi connectivity index (χ4n) is 3.28. The Morgan fingerprint density at radius 1 is 1.15 bits per heavy atom. The van der Waals surface area contributed by atoms with Gasteiger partial charge in [0.15, 0.2) is 0 Å². The van der Waals surface area contributed by atoms with Gasteiger partial charge in [-0.1, -0.05) is 29.3 Å². The minimum atomic E-state index is -4.57. The van der Waals surface area contributed by atoms with Crippen molar-refractivity contribution in [2.24, 2.45) is 4.99 Å². The average molecular weight is 416 g/mol. The first-order valence-corrected chi connectivity index (χ1v) is 8.70. The van der Waals surface area contributed by atoms with Gasteiger partial charge in [0.25, 0.3) is 0 Å². The molecular formula is C19H14Cl2F3NO2. The molecule has 0 spiro atoms. The molecule has 1 heterocycles. The van der Waals surface area contributed by atoms with Crippen molar-refractivity contribution in [3.8, 4) is 0 Å². The van der Waals surface area contributed by atoms with Crippen LogP contribution in [0.2, 0.25) is 10.0 Å². The monoisotopic (exact) mass is 415 g/mol. The maximum Gasteiger partial charge on any atom is 0.400 e. The summed E-state index contributed by atoms with van der Waals surface area (Å²) in [5, 5.41) is 9.35. The van der Waals surface area contributed by atoms with Crippen LogP contribution in [0.25, 0.3) is 0 Å². The van der Waals surface area contributed by atoms with E-state index < -0.39 is 24.1 Å². The van der Waals surface area contributed by atoms with Gasteiger partial charge >= 0.3 is 12.1 Å². The molecule has 0 radical (unpaired) electrons. The second-order valence-corrected chi connectivity index (χ2v) is 7.39. The van der Waals surface area contributed by atoms with E-state index in [1.165, 1.54) is 30.3 Å². The van der Waals surface area contributed by atoms with Crippen LogP contribution in [-0.4, -0.2) is 29.5 Å². The summed E-state index contributed by atoms with van der Waals surface area (Å²) < 4.78 is 42.2. The summed E-state index contributed by atoms with van der Waals surface area (Å²) in [5.41, 5.74) is -0.972. The van der Waals surface area contributed by atoms with E-state index in [9.17, 15) is 18.0 Å². The zero-order valence-electron chi connectivity index (χ0n) is 14.1. The van der Waals surface area contributed by atoms with Gasteiger partial charge in [0, 0.05) is 22.2 Å². The van der Waals surface area contributed by atoms with Crippen molar-refractivity contribution in [3.05, 3.63) is 68.7 Å². The first-order valence-electron chi connectivity index (χ1n) is 7.94. The second kappa shape index (κ2) is 6.84. The second-order valence-electron chi connectivity index (χ2n) is 6.51. The van der Waals surface area contributed by atoms with Crippen molar-refractivity contribution in [3.63, 3.8) is 0 Å². The number of carboxylic acid groups (broad SMARTS) is 1. The zero-order chi connectivity index (χ0) is 20.0. The zero-order valence-corrected chi connectivity index (χ0v) is 15.6. The number of hydrogen-bond acceptors (Lipinski definition) is 2. The number of aryl methyl sites for hydroxylation is 1. The third kappa shape index (κ3) is 3.56. The van der Waals surface area contributed by atoms with Crippen molar-refractivity contribution in [1.82, 2.24) is 0 Å². The third-order valence-electron chi connectivity index (χ3n) is 4.76. The van der Waals surface area contributed by atoms with Crippen molar-refractivity contribution in [1.29, 1.82) is 0 Å². The molecule has 1 atom stereocenters. The molecule has 3 nitrogen and oxygen atoms in total. The largest absolute Gasteiger partial charge is 0.478 e. The quantitative estimate of drug-likeness (QED) is 0.699. The molecule has 0 aromatic heterocycles. The Labute approximate surface area is 163 Å². The smallest absolute Gasteiger partial charge is 0.400 e. The molecule has 1 aliphatic heterocycles. The Bertz CT molecular complexity index is 936. The number of aliphatic imine (C=N–C) groups is 1. The number of carbonyl (C=O) groups is 1. The van der Waals surface area contributed by atoms with Gasteiger partial charge < -0.3 is 5.11 Å². The highest BCUT2D eigenvalue weighted by Crippen LogP contribution is 2.48. The van der Waals surface area contributed by atoms with Crippen molar-refractivity contribution >= 4 is 34.9 Å². The highest BCUT2D eigenvalue weighted by Gasteiger charge is 2.58. The van der Waals surface area contributed by atoms with Crippen molar-refractivity contribution in [2.75, 3.05) is 6.54 Å². The molecule has 0 saturated carbocycles. The van der Waals surface area contributed by atoms with Crippen LogP contribution < -0.4 is 0 Å². The molecule has 2 aromatic rings. The molecule has 0 saturated heterocycles. The number of rotatable bonds is 3. The third-order valence-corrected chi connectivity index (χ3v) is 5.19. The summed E-state index contributed by atoms with van der Waals surface area (Å²) in [4.78, 5) is 15.3. The van der Waals surface area contributed by atoms with Crippen LogP contribution in [0, 0.1) is 6.92 Å². The van der Waals surface area contributed by atoms with E-state index in [1.54, 1.807) is 13.0 Å². The molecule has 8 heteroatoms. The maximum absolute atomic E-state index is 14.1. The molecular weight excluding hydrogens is 402 g/mol. The van der Waals surface area contributed by atoms with E-state index in [4.69, 9.17) is 28.3 Å². The summed E-state index contributed by atoms with van der Waals surface area (Å²) in [6.07, 6.45) is -4.94. The fraction of sp³-hybridized carbons (Fsp3) is 0.263. The lowest BCUT2D eigenvalue weighted by Gasteiger charge is -2.31. The van der Waals surface area contributed by atoms with Gasteiger partial charge in [-0.3, -0.25) is 4.99 Å². The number of alkyl halides is 3. The molecule has 0 amide bonds. The summed E-state index contributed by atoms with van der Waals surface area (Å²) in [7, 11) is 0. The minimum absolute atomic E-state index is 0.0369. The van der Waals surface area contributed by atoms with E-state index in [1.807, 2.05) is 0 Å². The number of aromatic carboxylic acids is 1. The Kier molecular flexibility index (Phi) is 4.99. The van der Waals surface area contributed by atoms with Crippen LogP contribution in [0.4, 0.5) is 13.2 Å². The molecule has 2 aromatic carbocycles. The molecule has 142 valence electrons. The number of hydrogen-bond donors (Lipinski definition) is 1. The number of benzene rings is 2. The van der Waals surface area contributed by atoms with Crippen molar-refractivity contribution < 1.29 is 23.1 Å². The van der Waals surface area contributed by atoms with Gasteiger partial charge in [-0.05, 0) is 53.9 Å². The van der Waals surface area contributed by atoms with Gasteiger partial charge in [0.2, 0.25) is 0 Å². The van der Waals surface area contributed by atoms with Gasteiger partial charge in [0.1, 0.15) is 5.41 Å². The average Bonchev–Trinajstić information content (AvgIpc) is 3.00. The Morgan fingerprint density at radius 2 is 1.78 bits per heavy atom. The van der Waals surface area contributed by atoms with E-state index in [0.29, 0.717) is 11.1 Å². The molecule has 27 heavy (non-hydrogen) atoms. The fourth-order valence-corrected chi connectivity index (χ4v) is 3.81. The number of halogens is 5. The minimum Gasteiger partial charge on any atom is -0.478 e. The van der Waals surface area contributed by atoms with E-state index >= 15 is 0 Å². The lowest BCUT2D eigenvalue weighted by molar-refractivity contribution is -0.183. The number of carboxylic acids is 1. The molecule has 3 rings (SSSR count). The summed E-state index contributed by atoms with van der Waals surface area (Å²) in [5.74, 6) is -1.09. The standard InChI is InChI=1S/C19H14Cl2F3NO2/c1-10-4-11(2-3-15(10)17(26)27)16-8-18(9-25-16,19(22,23)24)12-5-13(20)7-14(21)6-12/h2-7H,8-9H2,1H3,(H,26,27)/t18-/m1/s1. The maximum atomic E-state index is 14.1. The van der Waals surface area contributed by atoms with Crippen LogP contribution in [0.5, 0.6) is 0 Å². The van der Waals surface area contributed by atoms with Crippen LogP contribution in [0.3, 0.4) is 0 Å². The highest BCUT2D eigenvalue weighted by atomic mass is 35.5. The lowest BCUT2D eigenvalue weighted by atomic mass is 9.76. The summed E-state index contributed by atoms with van der Waals surface area (Å²) in [6, 6.07) is 8.30. The normalized spacial score (nSPS) is 19.9. The van der Waals surface area contributed by atoms with Gasteiger partial charge in [-0.15, -0.1) is 0 Å². The Hall–Kier alpha value is -2.05. The predicted molar refractivity (Wildman–Crippen MR) is 98.4 cm³/mol. The van der Waals surface area contributed by atoms with Crippen LogP contribution in [0.1, 0.15) is 33.5 Å². The van der Waals surface area contributed by atoms with Crippen LogP contribution in [-0.2, 0) is 5.41 Å². The Balaban J connectivity index is 2.02. The van der Waals surface area contributed by atoms with Gasteiger partial charge in [-0.25, -0.2) is 4.79 Å². The first kappa shape index (κ1) is 19.7. The van der Waals surface area contributed by atoms with Crippen molar-refractivity contribution in [2.45, 2.75) is 24.9 Å². The van der Waals surface area contributed by atoms with Gasteiger partial charge in [0.05, 0.1) is 12.1 Å². The van der Waals surface area contributed by atoms with E-state index in [0.717, 1.165) is 0 Å².